The van der Waals surface area contributed by atoms with Gasteiger partial charge in [0.05, 0.1) is 11.3 Å². The van der Waals surface area contributed by atoms with Gasteiger partial charge in [0.2, 0.25) is 5.16 Å². The summed E-state index contributed by atoms with van der Waals surface area (Å²) in [5.41, 5.74) is 2.41. The molecule has 2 aromatic heterocycles. The fourth-order valence-corrected chi connectivity index (χ4v) is 3.63. The summed E-state index contributed by atoms with van der Waals surface area (Å²) >= 11 is 1.54. The van der Waals surface area contributed by atoms with Crippen LogP contribution < -0.4 is 0 Å². The van der Waals surface area contributed by atoms with Gasteiger partial charge in [0.25, 0.3) is 5.78 Å². The Hall–Kier alpha value is -2.28. The number of ketones is 1. The van der Waals surface area contributed by atoms with Crippen LogP contribution in [0, 0.1) is 5.82 Å². The van der Waals surface area contributed by atoms with Gasteiger partial charge < -0.3 is 0 Å². The van der Waals surface area contributed by atoms with Gasteiger partial charge in [-0.25, -0.2) is 9.37 Å². The number of Topliss-reactive ketones (excluding diaryl/α,β-unsaturated/α-hetero) is 1. The summed E-state index contributed by atoms with van der Waals surface area (Å²) in [6.45, 7) is 2.04. The Morgan fingerprint density at radius 1 is 1.29 bits per heavy atom. The SMILES string of the molecule is CCSc1nc2ncc3c(n2n1)CC(c1ccc(F)cc1)CC3=O. The van der Waals surface area contributed by atoms with Crippen molar-refractivity contribution in [3.05, 3.63) is 53.1 Å². The van der Waals surface area contributed by atoms with Crippen molar-refractivity contribution in [3.8, 4) is 0 Å². The van der Waals surface area contributed by atoms with Gasteiger partial charge in [0, 0.05) is 12.6 Å². The molecule has 2 heterocycles. The van der Waals surface area contributed by atoms with Gasteiger partial charge in [-0.2, -0.15) is 9.50 Å². The number of hydrogen-bond donors (Lipinski definition) is 0. The summed E-state index contributed by atoms with van der Waals surface area (Å²) in [5, 5.41) is 5.15. The smallest absolute Gasteiger partial charge is 0.253 e. The minimum Gasteiger partial charge on any atom is -0.294 e. The van der Waals surface area contributed by atoms with E-state index in [1.807, 2.05) is 6.92 Å². The number of carbonyl (C=O) groups excluding carboxylic acids is 1. The molecular weight excluding hydrogens is 327 g/mol. The van der Waals surface area contributed by atoms with E-state index in [1.165, 1.54) is 12.1 Å². The van der Waals surface area contributed by atoms with Crippen LogP contribution in [0.5, 0.6) is 0 Å². The second-order valence-electron chi connectivity index (χ2n) is 5.74. The molecule has 1 aliphatic rings. The van der Waals surface area contributed by atoms with Gasteiger partial charge in [0.15, 0.2) is 5.78 Å². The van der Waals surface area contributed by atoms with Crippen molar-refractivity contribution in [3.63, 3.8) is 0 Å². The number of benzene rings is 1. The molecule has 0 saturated carbocycles. The van der Waals surface area contributed by atoms with E-state index in [1.54, 1.807) is 34.6 Å². The van der Waals surface area contributed by atoms with Crippen molar-refractivity contribution in [1.82, 2.24) is 19.6 Å². The first-order chi connectivity index (χ1) is 11.7. The van der Waals surface area contributed by atoms with Crippen LogP contribution in [-0.2, 0) is 6.42 Å². The van der Waals surface area contributed by atoms with Crippen molar-refractivity contribution in [2.45, 2.75) is 30.8 Å². The van der Waals surface area contributed by atoms with Crippen molar-refractivity contribution >= 4 is 23.3 Å². The number of halogens is 1. The zero-order valence-corrected chi connectivity index (χ0v) is 13.9. The van der Waals surface area contributed by atoms with Crippen LogP contribution in [0.4, 0.5) is 4.39 Å². The zero-order valence-electron chi connectivity index (χ0n) is 13.1. The van der Waals surface area contributed by atoms with E-state index in [4.69, 9.17) is 0 Å². The maximum Gasteiger partial charge on any atom is 0.253 e. The molecule has 1 aromatic carbocycles. The van der Waals surface area contributed by atoms with E-state index in [9.17, 15) is 9.18 Å². The highest BCUT2D eigenvalue weighted by Crippen LogP contribution is 2.32. The van der Waals surface area contributed by atoms with Crippen LogP contribution in [0.2, 0.25) is 0 Å². The van der Waals surface area contributed by atoms with Crippen LogP contribution >= 0.6 is 11.8 Å². The van der Waals surface area contributed by atoms with E-state index in [-0.39, 0.29) is 17.5 Å². The predicted molar refractivity (Wildman–Crippen MR) is 89.0 cm³/mol. The number of nitrogens with zero attached hydrogens (tertiary/aromatic N) is 4. The molecule has 0 saturated heterocycles. The van der Waals surface area contributed by atoms with Crippen molar-refractivity contribution in [1.29, 1.82) is 0 Å². The number of hydrogen-bond acceptors (Lipinski definition) is 5. The van der Waals surface area contributed by atoms with Gasteiger partial charge in [-0.1, -0.05) is 30.8 Å². The lowest BCUT2D eigenvalue weighted by atomic mass is 9.82. The van der Waals surface area contributed by atoms with Crippen LogP contribution in [0.15, 0.2) is 35.6 Å². The topological polar surface area (TPSA) is 60.1 Å². The molecule has 0 radical (unpaired) electrons. The second-order valence-corrected chi connectivity index (χ2v) is 6.97. The van der Waals surface area contributed by atoms with E-state index >= 15 is 0 Å². The molecule has 0 N–H and O–H groups in total. The average Bonchev–Trinajstić information content (AvgIpc) is 2.99. The fourth-order valence-electron chi connectivity index (χ4n) is 3.09. The average molecular weight is 342 g/mol. The Kier molecular flexibility index (Phi) is 3.80. The molecule has 0 aliphatic heterocycles. The molecule has 0 bridgehead atoms. The Morgan fingerprint density at radius 3 is 2.83 bits per heavy atom. The zero-order chi connectivity index (χ0) is 16.7. The monoisotopic (exact) mass is 342 g/mol. The summed E-state index contributed by atoms with van der Waals surface area (Å²) in [6.07, 6.45) is 2.66. The minimum absolute atomic E-state index is 0.0164. The largest absolute Gasteiger partial charge is 0.294 e. The van der Waals surface area contributed by atoms with E-state index in [2.05, 4.69) is 15.1 Å². The van der Waals surface area contributed by atoms with Crippen molar-refractivity contribution in [2.75, 3.05) is 5.75 Å². The summed E-state index contributed by atoms with van der Waals surface area (Å²) in [7, 11) is 0. The van der Waals surface area contributed by atoms with Gasteiger partial charge in [-0.15, -0.1) is 5.10 Å². The number of thioether (sulfide) groups is 1. The number of fused-ring (bicyclic) bond motifs is 3. The Labute approximate surface area is 142 Å². The molecule has 122 valence electrons. The van der Waals surface area contributed by atoms with Gasteiger partial charge in [-0.05, 0) is 35.8 Å². The number of aromatic nitrogens is 4. The van der Waals surface area contributed by atoms with Crippen LogP contribution in [-0.4, -0.2) is 31.1 Å². The first-order valence-corrected chi connectivity index (χ1v) is 8.80. The summed E-state index contributed by atoms with van der Waals surface area (Å²) < 4.78 is 14.8. The van der Waals surface area contributed by atoms with E-state index < -0.39 is 0 Å². The van der Waals surface area contributed by atoms with Gasteiger partial charge in [0.1, 0.15) is 5.82 Å². The van der Waals surface area contributed by atoms with Crippen LogP contribution in [0.1, 0.15) is 40.9 Å². The molecule has 7 heteroatoms. The maximum absolute atomic E-state index is 13.2. The normalized spacial score (nSPS) is 17.2. The van der Waals surface area contributed by atoms with Crippen molar-refractivity contribution < 1.29 is 9.18 Å². The maximum atomic E-state index is 13.2. The lowest BCUT2D eigenvalue weighted by Crippen LogP contribution is -2.22. The third-order valence-corrected chi connectivity index (χ3v) is 4.95. The molecule has 1 atom stereocenters. The summed E-state index contributed by atoms with van der Waals surface area (Å²) in [5.74, 6) is 1.17. The predicted octanol–water partition coefficient (Wildman–Crippen LogP) is 3.29. The number of rotatable bonds is 3. The highest BCUT2D eigenvalue weighted by Gasteiger charge is 2.29. The van der Waals surface area contributed by atoms with Crippen molar-refractivity contribution in [2.24, 2.45) is 0 Å². The molecule has 24 heavy (non-hydrogen) atoms. The van der Waals surface area contributed by atoms with Crippen LogP contribution in [0.3, 0.4) is 0 Å². The lowest BCUT2D eigenvalue weighted by molar-refractivity contribution is 0.0962. The van der Waals surface area contributed by atoms with Gasteiger partial charge >= 0.3 is 0 Å². The van der Waals surface area contributed by atoms with Gasteiger partial charge in [-0.3, -0.25) is 4.79 Å². The molecule has 4 rings (SSSR count). The molecule has 0 fully saturated rings. The fraction of sp³-hybridized carbons (Fsp3) is 0.294. The molecule has 1 aliphatic carbocycles. The van der Waals surface area contributed by atoms with E-state index in [0.717, 1.165) is 17.0 Å². The first kappa shape index (κ1) is 15.3. The Balaban J connectivity index is 1.78. The molecule has 0 amide bonds. The standard InChI is InChI=1S/C17H15FN4OS/c1-2-24-17-20-16-19-9-13-14(22(16)21-17)7-11(8-15(13)23)10-3-5-12(18)6-4-10/h3-6,9,11H,2,7-8H2,1H3. The molecule has 3 aromatic rings. The molecule has 0 spiro atoms. The quantitative estimate of drug-likeness (QED) is 0.684. The minimum atomic E-state index is -0.273. The lowest BCUT2D eigenvalue weighted by Gasteiger charge is -2.23. The molecule has 5 nitrogen and oxygen atoms in total. The Bertz CT molecular complexity index is 922. The number of carbonyl (C=O) groups is 1. The van der Waals surface area contributed by atoms with E-state index in [0.29, 0.717) is 29.3 Å². The molecule has 1 unspecified atom stereocenters. The molecular formula is C17H15FN4OS. The summed E-state index contributed by atoms with van der Waals surface area (Å²) in [4.78, 5) is 21.2. The Morgan fingerprint density at radius 2 is 2.08 bits per heavy atom. The second kappa shape index (κ2) is 5.98. The highest BCUT2D eigenvalue weighted by molar-refractivity contribution is 7.99. The first-order valence-electron chi connectivity index (χ1n) is 7.82. The van der Waals surface area contributed by atoms with Crippen LogP contribution in [0.25, 0.3) is 5.78 Å². The highest BCUT2D eigenvalue weighted by atomic mass is 32.2. The third kappa shape index (κ3) is 2.58. The third-order valence-electron chi connectivity index (χ3n) is 4.23. The summed E-state index contributed by atoms with van der Waals surface area (Å²) in [6, 6.07) is 6.36.